The van der Waals surface area contributed by atoms with Crippen molar-refractivity contribution in [2.24, 2.45) is 5.10 Å². The average Bonchev–Trinajstić information content (AvgIpc) is 3.25. The maximum Gasteiger partial charge on any atom is 0.279 e. The molecule has 0 bridgehead atoms. The molecule has 1 aromatic heterocycles. The zero-order chi connectivity index (χ0) is 23.2. The molecule has 0 fully saturated rings. The minimum atomic E-state index is -3.91. The molecule has 1 aliphatic rings. The maximum atomic E-state index is 13.7. The van der Waals surface area contributed by atoms with Gasteiger partial charge in [0.2, 0.25) is 0 Å². The molecule has 5 nitrogen and oxygen atoms in total. The predicted molar refractivity (Wildman–Crippen MR) is 132 cm³/mol. The number of para-hydroxylation sites is 1. The van der Waals surface area contributed by atoms with E-state index in [2.05, 4.69) is 10.1 Å². The highest BCUT2D eigenvalue weighted by atomic mass is 35.5. The van der Waals surface area contributed by atoms with Crippen LogP contribution in [0.15, 0.2) is 88.9 Å². The Kier molecular flexibility index (Phi) is 5.43. The van der Waals surface area contributed by atoms with E-state index in [0.29, 0.717) is 17.7 Å². The molecule has 0 amide bonds. The number of aryl methyl sites for hydroxylation is 2. The van der Waals surface area contributed by atoms with Gasteiger partial charge in [0, 0.05) is 17.4 Å². The highest BCUT2D eigenvalue weighted by molar-refractivity contribution is 7.89. The summed E-state index contributed by atoms with van der Waals surface area (Å²) in [6, 6.07) is 23.7. The van der Waals surface area contributed by atoms with Crippen LogP contribution in [0.5, 0.6) is 0 Å². The van der Waals surface area contributed by atoms with Crippen molar-refractivity contribution >= 4 is 38.2 Å². The Morgan fingerprint density at radius 1 is 0.909 bits per heavy atom. The van der Waals surface area contributed by atoms with E-state index in [4.69, 9.17) is 11.6 Å². The molecule has 0 N–H and O–H groups in total. The van der Waals surface area contributed by atoms with Gasteiger partial charge in [-0.2, -0.15) is 17.9 Å². The van der Waals surface area contributed by atoms with Gasteiger partial charge in [-0.25, -0.2) is 4.98 Å². The lowest BCUT2D eigenvalue weighted by Gasteiger charge is -2.24. The van der Waals surface area contributed by atoms with Gasteiger partial charge >= 0.3 is 0 Å². The molecular formula is C26H22ClN3O2S. The number of hydrogen-bond donors (Lipinski definition) is 0. The van der Waals surface area contributed by atoms with Gasteiger partial charge in [0.05, 0.1) is 22.2 Å². The number of halogens is 1. The molecule has 7 heteroatoms. The van der Waals surface area contributed by atoms with E-state index in [-0.39, 0.29) is 10.0 Å². The monoisotopic (exact) mass is 475 g/mol. The van der Waals surface area contributed by atoms with E-state index in [0.717, 1.165) is 27.6 Å². The second-order valence-electron chi connectivity index (χ2n) is 8.28. The Balaban J connectivity index is 1.65. The van der Waals surface area contributed by atoms with E-state index in [1.165, 1.54) is 4.41 Å². The first-order valence-corrected chi connectivity index (χ1v) is 12.5. The standard InChI is InChI=1S/C26H22ClN3O2S/c1-17-7-11-19(12-8-17)24-16-25(22-15-20-5-3-4-6-23(20)28-26(22)27)30(29-24)33(31,32)21-13-9-18(2)10-14-21/h3-15,25H,16H2,1-2H3/t25-/m0/s1. The van der Waals surface area contributed by atoms with Crippen LogP contribution >= 0.6 is 11.6 Å². The number of rotatable bonds is 4. The van der Waals surface area contributed by atoms with Crippen molar-refractivity contribution in [2.75, 3.05) is 0 Å². The second kappa shape index (κ2) is 8.28. The molecule has 2 heterocycles. The van der Waals surface area contributed by atoms with Gasteiger partial charge < -0.3 is 0 Å². The van der Waals surface area contributed by atoms with Crippen LogP contribution in [0.1, 0.15) is 34.7 Å². The lowest BCUT2D eigenvalue weighted by Crippen LogP contribution is -2.27. The Morgan fingerprint density at radius 3 is 2.24 bits per heavy atom. The summed E-state index contributed by atoms with van der Waals surface area (Å²) in [6.07, 6.45) is 0.397. The fraction of sp³-hybridized carbons (Fsp3) is 0.154. The van der Waals surface area contributed by atoms with E-state index in [9.17, 15) is 8.42 Å². The molecule has 0 unspecified atom stereocenters. The largest absolute Gasteiger partial charge is 0.279 e. The summed E-state index contributed by atoms with van der Waals surface area (Å²) in [5, 5.41) is 5.79. The zero-order valence-corrected chi connectivity index (χ0v) is 19.8. The summed E-state index contributed by atoms with van der Waals surface area (Å²) in [5.74, 6) is 0. The van der Waals surface area contributed by atoms with Crippen molar-refractivity contribution in [3.05, 3.63) is 106 Å². The van der Waals surface area contributed by atoms with E-state index in [1.807, 2.05) is 68.4 Å². The number of aromatic nitrogens is 1. The van der Waals surface area contributed by atoms with Crippen molar-refractivity contribution in [3.63, 3.8) is 0 Å². The topological polar surface area (TPSA) is 62.6 Å². The Morgan fingerprint density at radius 2 is 1.55 bits per heavy atom. The molecule has 1 aliphatic heterocycles. The summed E-state index contributed by atoms with van der Waals surface area (Å²) >= 11 is 6.60. The van der Waals surface area contributed by atoms with Crippen LogP contribution in [0, 0.1) is 13.8 Å². The quantitative estimate of drug-likeness (QED) is 0.338. The van der Waals surface area contributed by atoms with Gasteiger partial charge in [-0.3, -0.25) is 0 Å². The van der Waals surface area contributed by atoms with Crippen LogP contribution in [0.25, 0.3) is 10.9 Å². The maximum absolute atomic E-state index is 13.7. The van der Waals surface area contributed by atoms with Gasteiger partial charge in [0.15, 0.2) is 0 Å². The predicted octanol–water partition coefficient (Wildman–Crippen LogP) is 6.05. The van der Waals surface area contributed by atoms with Gasteiger partial charge in [-0.1, -0.05) is 77.3 Å². The molecule has 3 aromatic carbocycles. The lowest BCUT2D eigenvalue weighted by molar-refractivity contribution is 0.371. The van der Waals surface area contributed by atoms with Gasteiger partial charge in [0.25, 0.3) is 10.0 Å². The SMILES string of the molecule is Cc1ccc(C2=NN(S(=O)(=O)c3ccc(C)cc3)[C@H](c3cc4ccccc4nc3Cl)C2)cc1. The van der Waals surface area contributed by atoms with Crippen molar-refractivity contribution in [1.29, 1.82) is 0 Å². The van der Waals surface area contributed by atoms with Gasteiger partial charge in [0.1, 0.15) is 5.15 Å². The first kappa shape index (κ1) is 21.6. The van der Waals surface area contributed by atoms with Crippen molar-refractivity contribution in [2.45, 2.75) is 31.2 Å². The molecule has 1 atom stereocenters. The Labute approximate surface area is 198 Å². The number of nitrogens with zero attached hydrogens (tertiary/aromatic N) is 3. The summed E-state index contributed by atoms with van der Waals surface area (Å²) in [6.45, 7) is 3.93. The van der Waals surface area contributed by atoms with Crippen LogP contribution in [0.4, 0.5) is 0 Å². The van der Waals surface area contributed by atoms with Gasteiger partial charge in [-0.15, -0.1) is 0 Å². The fourth-order valence-electron chi connectivity index (χ4n) is 4.02. The zero-order valence-electron chi connectivity index (χ0n) is 18.2. The van der Waals surface area contributed by atoms with Crippen molar-refractivity contribution < 1.29 is 8.42 Å². The number of hydrazone groups is 1. The smallest absolute Gasteiger partial charge is 0.236 e. The van der Waals surface area contributed by atoms with Crippen LogP contribution in [0.2, 0.25) is 5.15 Å². The lowest BCUT2D eigenvalue weighted by atomic mass is 9.98. The first-order valence-electron chi connectivity index (χ1n) is 10.6. The average molecular weight is 476 g/mol. The third kappa shape index (κ3) is 4.01. The number of hydrogen-bond acceptors (Lipinski definition) is 4. The van der Waals surface area contributed by atoms with E-state index in [1.54, 1.807) is 24.3 Å². The highest BCUT2D eigenvalue weighted by Crippen LogP contribution is 2.40. The number of fused-ring (bicyclic) bond motifs is 1. The Bertz CT molecular complexity index is 1480. The number of pyridine rings is 1. The molecule has 0 radical (unpaired) electrons. The highest BCUT2D eigenvalue weighted by Gasteiger charge is 2.39. The molecule has 0 spiro atoms. The molecular weight excluding hydrogens is 454 g/mol. The second-order valence-corrected chi connectivity index (χ2v) is 10.4. The van der Waals surface area contributed by atoms with Crippen LogP contribution in [-0.2, 0) is 10.0 Å². The molecule has 0 aliphatic carbocycles. The number of benzene rings is 3. The van der Waals surface area contributed by atoms with Crippen LogP contribution in [0.3, 0.4) is 0 Å². The summed E-state index contributed by atoms with van der Waals surface area (Å²) in [7, 11) is -3.91. The van der Waals surface area contributed by atoms with Crippen molar-refractivity contribution in [3.8, 4) is 0 Å². The van der Waals surface area contributed by atoms with Gasteiger partial charge in [-0.05, 0) is 43.7 Å². The minimum absolute atomic E-state index is 0.192. The van der Waals surface area contributed by atoms with E-state index >= 15 is 0 Å². The van der Waals surface area contributed by atoms with E-state index < -0.39 is 16.1 Å². The van der Waals surface area contributed by atoms with Crippen molar-refractivity contribution in [1.82, 2.24) is 9.40 Å². The molecule has 0 saturated carbocycles. The molecule has 0 saturated heterocycles. The first-order chi connectivity index (χ1) is 15.8. The summed E-state index contributed by atoms with van der Waals surface area (Å²) in [5.41, 5.74) is 5.09. The molecule has 166 valence electrons. The normalized spacial score (nSPS) is 16.3. The third-order valence-electron chi connectivity index (χ3n) is 5.89. The summed E-state index contributed by atoms with van der Waals surface area (Å²) in [4.78, 5) is 4.71. The molecule has 4 aromatic rings. The third-order valence-corrected chi connectivity index (χ3v) is 7.89. The molecule has 33 heavy (non-hydrogen) atoms. The summed E-state index contributed by atoms with van der Waals surface area (Å²) < 4.78 is 28.6. The molecule has 5 rings (SSSR count). The Hall–Kier alpha value is -3.22. The van der Waals surface area contributed by atoms with Crippen LogP contribution in [-0.4, -0.2) is 23.5 Å². The number of sulfonamides is 1. The minimum Gasteiger partial charge on any atom is -0.236 e. The van der Waals surface area contributed by atoms with Crippen LogP contribution < -0.4 is 0 Å². The fourth-order valence-corrected chi connectivity index (χ4v) is 5.72.